The van der Waals surface area contributed by atoms with Crippen molar-refractivity contribution in [2.24, 2.45) is 5.73 Å². The largest absolute Gasteiger partial charge is 0.482 e. The van der Waals surface area contributed by atoms with Gasteiger partial charge >= 0.3 is 5.97 Å². The summed E-state index contributed by atoms with van der Waals surface area (Å²) in [6.07, 6.45) is 0. The molecular formula is C11H12FNO3S. The van der Waals surface area contributed by atoms with Gasteiger partial charge in [0, 0.05) is 11.6 Å². The maximum atomic E-state index is 13.4. The molecule has 17 heavy (non-hydrogen) atoms. The molecule has 0 bridgehead atoms. The second-order valence-corrected chi connectivity index (χ2v) is 3.54. The van der Waals surface area contributed by atoms with E-state index in [2.05, 4.69) is 17.0 Å². The zero-order valence-electron chi connectivity index (χ0n) is 9.23. The van der Waals surface area contributed by atoms with Crippen LogP contribution in [0.15, 0.2) is 18.2 Å². The van der Waals surface area contributed by atoms with E-state index in [0.29, 0.717) is 0 Å². The summed E-state index contributed by atoms with van der Waals surface area (Å²) in [6, 6.07) is 4.00. The third kappa shape index (κ3) is 3.99. The van der Waals surface area contributed by atoms with Gasteiger partial charge in [-0.2, -0.15) is 0 Å². The summed E-state index contributed by atoms with van der Waals surface area (Å²) < 4.78 is 23.1. The molecule has 0 unspecified atom stereocenters. The minimum Gasteiger partial charge on any atom is -0.482 e. The van der Waals surface area contributed by atoms with Gasteiger partial charge < -0.3 is 15.2 Å². The monoisotopic (exact) mass is 257 g/mol. The van der Waals surface area contributed by atoms with E-state index in [1.165, 1.54) is 12.1 Å². The number of ether oxygens (including phenoxy) is 2. The standard InChI is InChI=1S/C11H12FNO3S/c1-2-15-10(14)6-16-7-3-4-8(11(13)17)9(12)5-7/h3-5H,2,6H2,1H3,(H2,13,17). The highest BCUT2D eigenvalue weighted by Crippen LogP contribution is 2.16. The van der Waals surface area contributed by atoms with Gasteiger partial charge in [-0.15, -0.1) is 0 Å². The molecule has 1 aromatic carbocycles. The van der Waals surface area contributed by atoms with Crippen LogP contribution in [0.5, 0.6) is 5.75 Å². The Kier molecular flexibility index (Phi) is 4.84. The molecule has 0 heterocycles. The minimum absolute atomic E-state index is 0.0283. The molecule has 0 atom stereocenters. The molecule has 4 nitrogen and oxygen atoms in total. The zero-order valence-corrected chi connectivity index (χ0v) is 10.1. The van der Waals surface area contributed by atoms with Crippen LogP contribution in [0.4, 0.5) is 4.39 Å². The Balaban J connectivity index is 2.65. The van der Waals surface area contributed by atoms with E-state index in [-0.39, 0.29) is 29.5 Å². The van der Waals surface area contributed by atoms with Crippen LogP contribution >= 0.6 is 12.2 Å². The van der Waals surface area contributed by atoms with E-state index >= 15 is 0 Å². The fourth-order valence-electron chi connectivity index (χ4n) is 1.13. The van der Waals surface area contributed by atoms with Crippen LogP contribution in [0.3, 0.4) is 0 Å². The fraction of sp³-hybridized carbons (Fsp3) is 0.273. The van der Waals surface area contributed by atoms with Crippen molar-refractivity contribution in [3.05, 3.63) is 29.6 Å². The van der Waals surface area contributed by atoms with Gasteiger partial charge in [0.25, 0.3) is 0 Å². The zero-order chi connectivity index (χ0) is 12.8. The Hall–Kier alpha value is -1.69. The SMILES string of the molecule is CCOC(=O)COc1ccc(C(N)=S)c(F)c1. The first kappa shape index (κ1) is 13.4. The maximum absolute atomic E-state index is 13.4. The predicted octanol–water partition coefficient (Wildman–Crippen LogP) is 1.40. The van der Waals surface area contributed by atoms with Crippen LogP contribution in [0, 0.1) is 5.82 Å². The lowest BCUT2D eigenvalue weighted by molar-refractivity contribution is -0.145. The molecule has 1 aromatic rings. The van der Waals surface area contributed by atoms with Crippen LogP contribution in [-0.2, 0) is 9.53 Å². The van der Waals surface area contributed by atoms with Crippen molar-refractivity contribution in [3.8, 4) is 5.75 Å². The van der Waals surface area contributed by atoms with Gasteiger partial charge in [-0.1, -0.05) is 12.2 Å². The number of hydrogen-bond donors (Lipinski definition) is 1. The van der Waals surface area contributed by atoms with Crippen molar-refractivity contribution < 1.29 is 18.7 Å². The quantitative estimate of drug-likeness (QED) is 0.638. The molecule has 0 radical (unpaired) electrons. The highest BCUT2D eigenvalue weighted by molar-refractivity contribution is 7.80. The Morgan fingerprint density at radius 3 is 2.76 bits per heavy atom. The van der Waals surface area contributed by atoms with Crippen LogP contribution in [-0.4, -0.2) is 24.2 Å². The Bertz CT molecular complexity index is 437. The minimum atomic E-state index is -0.584. The molecule has 0 aliphatic heterocycles. The molecule has 0 aliphatic carbocycles. The third-order valence-electron chi connectivity index (χ3n) is 1.87. The van der Waals surface area contributed by atoms with Gasteiger partial charge in [0.2, 0.25) is 0 Å². The van der Waals surface area contributed by atoms with Gasteiger partial charge in [0.1, 0.15) is 16.6 Å². The van der Waals surface area contributed by atoms with Crippen LogP contribution < -0.4 is 10.5 Å². The van der Waals surface area contributed by atoms with Gasteiger partial charge in [-0.05, 0) is 19.1 Å². The topological polar surface area (TPSA) is 61.5 Å². The lowest BCUT2D eigenvalue weighted by atomic mass is 10.2. The lowest BCUT2D eigenvalue weighted by Crippen LogP contribution is -2.15. The number of esters is 1. The van der Waals surface area contributed by atoms with Crippen LogP contribution in [0.25, 0.3) is 0 Å². The molecule has 0 saturated heterocycles. The van der Waals surface area contributed by atoms with E-state index < -0.39 is 11.8 Å². The Morgan fingerprint density at radius 2 is 2.24 bits per heavy atom. The van der Waals surface area contributed by atoms with E-state index in [4.69, 9.17) is 10.5 Å². The Morgan fingerprint density at radius 1 is 1.53 bits per heavy atom. The summed E-state index contributed by atoms with van der Waals surface area (Å²) in [5.74, 6) is -0.874. The number of hydrogen-bond acceptors (Lipinski definition) is 4. The normalized spacial score (nSPS) is 9.76. The average molecular weight is 257 g/mol. The van der Waals surface area contributed by atoms with E-state index in [1.807, 2.05) is 0 Å². The first-order chi connectivity index (χ1) is 8.04. The number of nitrogens with two attached hydrogens (primary N) is 1. The van der Waals surface area contributed by atoms with Crippen molar-refractivity contribution in [1.82, 2.24) is 0 Å². The summed E-state index contributed by atoms with van der Waals surface area (Å²) in [5, 5.41) is 0. The molecule has 1 rings (SSSR count). The van der Waals surface area contributed by atoms with E-state index in [9.17, 15) is 9.18 Å². The second kappa shape index (κ2) is 6.15. The first-order valence-corrected chi connectivity index (χ1v) is 5.33. The molecular weight excluding hydrogens is 245 g/mol. The molecule has 0 aromatic heterocycles. The third-order valence-corrected chi connectivity index (χ3v) is 2.09. The number of carbonyl (C=O) groups is 1. The summed E-state index contributed by atoms with van der Waals surface area (Å²) in [4.78, 5) is 11.0. The second-order valence-electron chi connectivity index (χ2n) is 3.10. The smallest absolute Gasteiger partial charge is 0.344 e. The van der Waals surface area contributed by atoms with Crippen molar-refractivity contribution in [1.29, 1.82) is 0 Å². The number of thiocarbonyl (C=S) groups is 1. The van der Waals surface area contributed by atoms with E-state index in [1.54, 1.807) is 6.92 Å². The summed E-state index contributed by atoms with van der Waals surface area (Å²) in [6.45, 7) is 1.70. The van der Waals surface area contributed by atoms with Gasteiger partial charge in [-0.25, -0.2) is 9.18 Å². The van der Waals surface area contributed by atoms with Gasteiger partial charge in [-0.3, -0.25) is 0 Å². The van der Waals surface area contributed by atoms with Gasteiger partial charge in [0.15, 0.2) is 6.61 Å². The molecule has 0 amide bonds. The predicted molar refractivity (Wildman–Crippen MR) is 64.4 cm³/mol. The number of rotatable bonds is 5. The van der Waals surface area contributed by atoms with Crippen LogP contribution in [0.1, 0.15) is 12.5 Å². The highest BCUT2D eigenvalue weighted by atomic mass is 32.1. The molecule has 0 spiro atoms. The highest BCUT2D eigenvalue weighted by Gasteiger charge is 2.08. The van der Waals surface area contributed by atoms with Crippen molar-refractivity contribution in [2.45, 2.75) is 6.92 Å². The molecule has 0 aliphatic rings. The number of halogens is 1. The van der Waals surface area contributed by atoms with Gasteiger partial charge in [0.05, 0.1) is 6.61 Å². The van der Waals surface area contributed by atoms with Crippen molar-refractivity contribution in [3.63, 3.8) is 0 Å². The fourth-order valence-corrected chi connectivity index (χ4v) is 1.30. The van der Waals surface area contributed by atoms with Crippen molar-refractivity contribution >= 4 is 23.2 Å². The lowest BCUT2D eigenvalue weighted by Gasteiger charge is -2.07. The first-order valence-electron chi connectivity index (χ1n) is 4.92. The van der Waals surface area contributed by atoms with Crippen molar-refractivity contribution in [2.75, 3.05) is 13.2 Å². The molecule has 0 saturated carbocycles. The maximum Gasteiger partial charge on any atom is 0.344 e. The molecule has 2 N–H and O–H groups in total. The number of benzene rings is 1. The summed E-state index contributed by atoms with van der Waals surface area (Å²) in [5.41, 5.74) is 5.45. The molecule has 6 heteroatoms. The van der Waals surface area contributed by atoms with E-state index in [0.717, 1.165) is 6.07 Å². The molecule has 0 fully saturated rings. The number of carbonyl (C=O) groups excluding carboxylic acids is 1. The molecule has 92 valence electrons. The summed E-state index contributed by atoms with van der Waals surface area (Å²) >= 11 is 4.66. The Labute approximate surface area is 104 Å². The summed E-state index contributed by atoms with van der Waals surface area (Å²) in [7, 11) is 0. The average Bonchev–Trinajstić information content (AvgIpc) is 2.26. The van der Waals surface area contributed by atoms with Crippen LogP contribution in [0.2, 0.25) is 0 Å².